The van der Waals surface area contributed by atoms with Crippen LogP contribution < -0.4 is 5.32 Å². The summed E-state index contributed by atoms with van der Waals surface area (Å²) in [6.07, 6.45) is 7.81. The van der Waals surface area contributed by atoms with Crippen molar-refractivity contribution in [2.75, 3.05) is 6.54 Å². The van der Waals surface area contributed by atoms with Crippen molar-refractivity contribution in [2.24, 2.45) is 29.6 Å². The van der Waals surface area contributed by atoms with E-state index in [0.717, 1.165) is 24.8 Å². The minimum atomic E-state index is 0.316. The number of benzene rings is 1. The van der Waals surface area contributed by atoms with Crippen LogP contribution in [0.15, 0.2) is 30.3 Å². The van der Waals surface area contributed by atoms with Gasteiger partial charge in [-0.05, 0) is 67.8 Å². The summed E-state index contributed by atoms with van der Waals surface area (Å²) in [5.41, 5.74) is 1.35. The summed E-state index contributed by atoms with van der Waals surface area (Å²) in [5, 5.41) is 3.32. The molecule has 4 aliphatic rings. The minimum absolute atomic E-state index is 0.316. The molecule has 0 aromatic heterocycles. The molecule has 4 saturated carbocycles. The van der Waals surface area contributed by atoms with Crippen molar-refractivity contribution >= 4 is 5.91 Å². The second-order valence-electron chi connectivity index (χ2n) is 8.22. The highest BCUT2D eigenvalue weighted by atomic mass is 16.1. The molecule has 4 bridgehead atoms. The van der Waals surface area contributed by atoms with Gasteiger partial charge >= 0.3 is 0 Å². The Morgan fingerprint density at radius 2 is 1.65 bits per heavy atom. The Kier molecular flexibility index (Phi) is 4.17. The van der Waals surface area contributed by atoms with E-state index in [-0.39, 0.29) is 0 Å². The zero-order valence-electron chi connectivity index (χ0n) is 14.2. The van der Waals surface area contributed by atoms with E-state index in [0.29, 0.717) is 29.6 Å². The highest BCUT2D eigenvalue weighted by Crippen LogP contribution is 2.56. The summed E-state index contributed by atoms with van der Waals surface area (Å²) in [4.78, 5) is 12.9. The van der Waals surface area contributed by atoms with Crippen LogP contribution in [0.2, 0.25) is 0 Å². The van der Waals surface area contributed by atoms with Crippen LogP contribution in [0.3, 0.4) is 0 Å². The third-order valence-electron chi connectivity index (χ3n) is 6.82. The highest BCUT2D eigenvalue weighted by Gasteiger charge is 2.50. The van der Waals surface area contributed by atoms with Crippen LogP contribution in [0.5, 0.6) is 0 Å². The molecule has 1 amide bonds. The van der Waals surface area contributed by atoms with E-state index in [4.69, 9.17) is 0 Å². The zero-order chi connectivity index (χ0) is 15.8. The van der Waals surface area contributed by atoms with Crippen molar-refractivity contribution in [3.8, 4) is 0 Å². The molecule has 2 nitrogen and oxygen atoms in total. The molecule has 4 aliphatic carbocycles. The smallest absolute Gasteiger partial charge is 0.223 e. The average molecular weight is 311 g/mol. The normalized spacial score (nSPS) is 36.0. The van der Waals surface area contributed by atoms with Gasteiger partial charge in [0.25, 0.3) is 0 Å². The fourth-order valence-corrected chi connectivity index (χ4v) is 5.92. The predicted octanol–water partition coefficient (Wildman–Crippen LogP) is 4.37. The van der Waals surface area contributed by atoms with Crippen LogP contribution in [-0.4, -0.2) is 12.5 Å². The number of hydrogen-bond acceptors (Lipinski definition) is 1. The third kappa shape index (κ3) is 2.93. The molecule has 0 aliphatic heterocycles. The van der Waals surface area contributed by atoms with E-state index in [9.17, 15) is 4.79 Å². The number of hydrogen-bond donors (Lipinski definition) is 1. The summed E-state index contributed by atoms with van der Waals surface area (Å²) >= 11 is 0. The lowest BCUT2D eigenvalue weighted by Crippen LogP contribution is -2.51. The van der Waals surface area contributed by atoms with Gasteiger partial charge in [0.2, 0.25) is 5.91 Å². The molecule has 5 rings (SSSR count). The van der Waals surface area contributed by atoms with Crippen LogP contribution in [0, 0.1) is 29.6 Å². The lowest BCUT2D eigenvalue weighted by Gasteiger charge is -2.53. The fraction of sp³-hybridized carbons (Fsp3) is 0.667. The van der Waals surface area contributed by atoms with Crippen molar-refractivity contribution in [3.63, 3.8) is 0 Å². The van der Waals surface area contributed by atoms with Gasteiger partial charge in [-0.15, -0.1) is 0 Å². The Labute approximate surface area is 140 Å². The van der Waals surface area contributed by atoms with E-state index >= 15 is 0 Å². The molecule has 2 heteroatoms. The molecule has 1 atom stereocenters. The average Bonchev–Trinajstić information content (AvgIpc) is 2.55. The monoisotopic (exact) mass is 311 g/mol. The number of carbonyl (C=O) groups is 1. The van der Waals surface area contributed by atoms with Crippen LogP contribution in [0.25, 0.3) is 0 Å². The molecule has 1 aromatic carbocycles. The number of nitrogens with one attached hydrogen (secondary N) is 1. The Morgan fingerprint density at radius 3 is 2.22 bits per heavy atom. The molecular formula is C21H29NO. The van der Waals surface area contributed by atoms with Gasteiger partial charge in [0.1, 0.15) is 0 Å². The van der Waals surface area contributed by atoms with Gasteiger partial charge in [0, 0.05) is 18.4 Å². The Bertz CT molecular complexity index is 524. The first-order valence-electron chi connectivity index (χ1n) is 9.57. The maximum atomic E-state index is 12.9. The Morgan fingerprint density at radius 1 is 1.04 bits per heavy atom. The standard InChI is InChI=1S/C21H29NO/c1-2-16(17-6-4-3-5-7-17)13-22-21(23)20-18-9-14-8-15(11-18)12-19(20)10-14/h3-7,14-16,18-20H,2,8-13H2,1H3,(H,22,23). The molecule has 1 aromatic rings. The first-order valence-corrected chi connectivity index (χ1v) is 9.57. The first-order chi connectivity index (χ1) is 11.2. The van der Waals surface area contributed by atoms with Gasteiger partial charge in [0.15, 0.2) is 0 Å². The summed E-state index contributed by atoms with van der Waals surface area (Å²) in [6.45, 7) is 3.01. The Balaban J connectivity index is 1.38. The molecule has 0 radical (unpaired) electrons. The number of rotatable bonds is 5. The molecule has 0 spiro atoms. The SMILES string of the molecule is CCC(CNC(=O)C1C2CC3CC(C2)CC1C3)c1ccccc1. The van der Waals surface area contributed by atoms with Crippen LogP contribution in [0.1, 0.15) is 56.9 Å². The first kappa shape index (κ1) is 15.2. The topological polar surface area (TPSA) is 29.1 Å². The minimum Gasteiger partial charge on any atom is -0.355 e. The number of carbonyl (C=O) groups excluding carboxylic acids is 1. The van der Waals surface area contributed by atoms with E-state index < -0.39 is 0 Å². The second-order valence-corrected chi connectivity index (χ2v) is 8.22. The van der Waals surface area contributed by atoms with Crippen LogP contribution >= 0.6 is 0 Å². The predicted molar refractivity (Wildman–Crippen MR) is 93.0 cm³/mol. The maximum Gasteiger partial charge on any atom is 0.223 e. The fourth-order valence-electron chi connectivity index (χ4n) is 5.92. The maximum absolute atomic E-state index is 12.9. The summed E-state index contributed by atoms with van der Waals surface area (Å²) in [5.74, 6) is 4.36. The van der Waals surface area contributed by atoms with E-state index in [1.807, 2.05) is 0 Å². The van der Waals surface area contributed by atoms with Gasteiger partial charge in [-0.1, -0.05) is 37.3 Å². The van der Waals surface area contributed by atoms with E-state index in [1.165, 1.54) is 37.7 Å². The summed E-state index contributed by atoms with van der Waals surface area (Å²) in [6, 6.07) is 10.6. The molecular weight excluding hydrogens is 282 g/mol. The third-order valence-corrected chi connectivity index (χ3v) is 6.82. The van der Waals surface area contributed by atoms with Crippen molar-refractivity contribution in [3.05, 3.63) is 35.9 Å². The molecule has 1 N–H and O–H groups in total. The number of amides is 1. The van der Waals surface area contributed by atoms with Gasteiger partial charge in [-0.3, -0.25) is 4.79 Å². The van der Waals surface area contributed by atoms with Gasteiger partial charge in [0.05, 0.1) is 0 Å². The second kappa shape index (κ2) is 6.30. The van der Waals surface area contributed by atoms with Crippen molar-refractivity contribution in [2.45, 2.75) is 51.4 Å². The molecule has 23 heavy (non-hydrogen) atoms. The lowest BCUT2D eigenvalue weighted by molar-refractivity contribution is -0.138. The molecule has 0 heterocycles. The molecule has 124 valence electrons. The summed E-state index contributed by atoms with van der Waals surface area (Å²) in [7, 11) is 0. The van der Waals surface area contributed by atoms with Crippen LogP contribution in [0.4, 0.5) is 0 Å². The largest absolute Gasteiger partial charge is 0.355 e. The zero-order valence-corrected chi connectivity index (χ0v) is 14.2. The quantitative estimate of drug-likeness (QED) is 0.859. The van der Waals surface area contributed by atoms with Crippen molar-refractivity contribution in [1.82, 2.24) is 5.32 Å². The van der Waals surface area contributed by atoms with Gasteiger partial charge in [-0.25, -0.2) is 0 Å². The van der Waals surface area contributed by atoms with Gasteiger partial charge < -0.3 is 5.32 Å². The van der Waals surface area contributed by atoms with Gasteiger partial charge in [-0.2, -0.15) is 0 Å². The Hall–Kier alpha value is -1.31. The van der Waals surface area contributed by atoms with Crippen molar-refractivity contribution in [1.29, 1.82) is 0 Å². The highest BCUT2D eigenvalue weighted by molar-refractivity contribution is 5.79. The van der Waals surface area contributed by atoms with Crippen LogP contribution in [-0.2, 0) is 4.79 Å². The summed E-state index contributed by atoms with van der Waals surface area (Å²) < 4.78 is 0. The molecule has 0 saturated heterocycles. The molecule has 4 fully saturated rings. The van der Waals surface area contributed by atoms with E-state index in [2.05, 4.69) is 42.6 Å². The van der Waals surface area contributed by atoms with E-state index in [1.54, 1.807) is 0 Å². The lowest BCUT2D eigenvalue weighted by atomic mass is 9.51. The molecule has 1 unspecified atom stereocenters. The van der Waals surface area contributed by atoms with Crippen molar-refractivity contribution < 1.29 is 4.79 Å².